The first-order valence-corrected chi connectivity index (χ1v) is 10.2. The predicted molar refractivity (Wildman–Crippen MR) is 121 cm³/mol. The van der Waals surface area contributed by atoms with Crippen molar-refractivity contribution in [2.75, 3.05) is 18.4 Å². The summed E-state index contributed by atoms with van der Waals surface area (Å²) >= 11 is 0. The second-order valence-electron chi connectivity index (χ2n) is 7.50. The molecule has 1 amide bonds. The maximum absolute atomic E-state index is 12.9. The van der Waals surface area contributed by atoms with Gasteiger partial charge in [-0.3, -0.25) is 4.79 Å². The summed E-state index contributed by atoms with van der Waals surface area (Å²) in [5, 5.41) is 16.0. The van der Waals surface area contributed by atoms with Gasteiger partial charge in [-0.2, -0.15) is 5.26 Å². The second kappa shape index (κ2) is 8.46. The molecule has 0 spiro atoms. The van der Waals surface area contributed by atoms with Crippen molar-refractivity contribution in [3.8, 4) is 22.9 Å². The Kier molecular flexibility index (Phi) is 5.20. The Morgan fingerprint density at radius 2 is 1.94 bits per heavy atom. The molecule has 1 saturated heterocycles. The van der Waals surface area contributed by atoms with E-state index >= 15 is 0 Å². The van der Waals surface area contributed by atoms with E-state index in [1.807, 2.05) is 36.4 Å². The minimum absolute atomic E-state index is 0.0543. The standard InChI is InChI=1S/C25H19N5O2/c26-13-16-3-5-17(6-4-16)21-9-7-19(12-22(21)32-20-14-27-15-20)25(31)30-23-10-8-18-2-1-11-28-24(18)29-23/h1-12,20,27H,14-15H2,(H,28,29,30,31). The Hall–Kier alpha value is -4.28. The number of hydrogen-bond donors (Lipinski definition) is 2. The van der Waals surface area contributed by atoms with Gasteiger partial charge in [0.2, 0.25) is 0 Å². The monoisotopic (exact) mass is 421 g/mol. The third kappa shape index (κ3) is 4.00. The number of nitrogens with zero attached hydrogens (tertiary/aromatic N) is 3. The van der Waals surface area contributed by atoms with Crippen molar-refractivity contribution in [3.05, 3.63) is 84.1 Å². The Morgan fingerprint density at radius 3 is 2.69 bits per heavy atom. The molecule has 2 N–H and O–H groups in total. The van der Waals surface area contributed by atoms with E-state index in [9.17, 15) is 4.79 Å². The number of nitriles is 1. The average molecular weight is 421 g/mol. The number of pyridine rings is 2. The van der Waals surface area contributed by atoms with Gasteiger partial charge in [-0.25, -0.2) is 9.97 Å². The van der Waals surface area contributed by atoms with Crippen molar-refractivity contribution < 1.29 is 9.53 Å². The number of rotatable bonds is 5. The largest absolute Gasteiger partial charge is 0.487 e. The fourth-order valence-electron chi connectivity index (χ4n) is 3.46. The number of carbonyl (C=O) groups excluding carboxylic acids is 1. The van der Waals surface area contributed by atoms with E-state index in [1.54, 1.807) is 36.5 Å². The topological polar surface area (TPSA) is 99.9 Å². The van der Waals surface area contributed by atoms with Crippen LogP contribution in [0.4, 0.5) is 5.82 Å². The molecular formula is C25H19N5O2. The lowest BCUT2D eigenvalue weighted by Crippen LogP contribution is -2.50. The maximum atomic E-state index is 12.9. The van der Waals surface area contributed by atoms with E-state index in [2.05, 4.69) is 26.7 Å². The number of amides is 1. The Bertz CT molecular complexity index is 1340. The normalized spacial score (nSPS) is 13.2. The van der Waals surface area contributed by atoms with E-state index < -0.39 is 0 Å². The molecule has 5 rings (SSSR count). The van der Waals surface area contributed by atoms with Crippen LogP contribution in [0, 0.1) is 11.3 Å². The van der Waals surface area contributed by atoms with Crippen molar-refractivity contribution in [1.82, 2.24) is 15.3 Å². The van der Waals surface area contributed by atoms with Gasteiger partial charge in [0.1, 0.15) is 17.7 Å². The van der Waals surface area contributed by atoms with Gasteiger partial charge in [0, 0.05) is 35.8 Å². The van der Waals surface area contributed by atoms with Gasteiger partial charge in [-0.05, 0) is 60.2 Å². The third-order valence-electron chi connectivity index (χ3n) is 5.31. The molecule has 0 aliphatic carbocycles. The molecule has 156 valence electrons. The minimum Gasteiger partial charge on any atom is -0.487 e. The third-order valence-corrected chi connectivity index (χ3v) is 5.31. The van der Waals surface area contributed by atoms with Gasteiger partial charge in [-0.1, -0.05) is 12.1 Å². The number of anilines is 1. The quantitative estimate of drug-likeness (QED) is 0.509. The molecule has 0 bridgehead atoms. The second-order valence-corrected chi connectivity index (χ2v) is 7.50. The molecule has 0 saturated carbocycles. The fraction of sp³-hybridized carbons (Fsp3) is 0.120. The van der Waals surface area contributed by atoms with Crippen molar-refractivity contribution in [2.45, 2.75) is 6.10 Å². The zero-order valence-electron chi connectivity index (χ0n) is 17.1. The van der Waals surface area contributed by atoms with Crippen LogP contribution in [0.15, 0.2) is 72.9 Å². The molecule has 7 nitrogen and oxygen atoms in total. The van der Waals surface area contributed by atoms with Crippen LogP contribution in [-0.2, 0) is 0 Å². The first-order valence-electron chi connectivity index (χ1n) is 10.2. The lowest BCUT2D eigenvalue weighted by molar-refractivity contribution is 0.102. The summed E-state index contributed by atoms with van der Waals surface area (Å²) in [5.41, 5.74) is 3.41. The summed E-state index contributed by atoms with van der Waals surface area (Å²) < 4.78 is 6.16. The molecule has 2 aromatic carbocycles. The van der Waals surface area contributed by atoms with Crippen LogP contribution in [0.25, 0.3) is 22.2 Å². The van der Waals surface area contributed by atoms with Crippen molar-refractivity contribution in [3.63, 3.8) is 0 Å². The van der Waals surface area contributed by atoms with E-state index in [4.69, 9.17) is 10.00 Å². The summed E-state index contributed by atoms with van der Waals surface area (Å²) in [4.78, 5) is 21.6. The number of carbonyl (C=O) groups is 1. The molecular weight excluding hydrogens is 402 g/mol. The molecule has 0 atom stereocenters. The molecule has 32 heavy (non-hydrogen) atoms. The van der Waals surface area contributed by atoms with Crippen LogP contribution >= 0.6 is 0 Å². The Labute approximate surface area is 184 Å². The highest BCUT2D eigenvalue weighted by atomic mass is 16.5. The number of aromatic nitrogens is 2. The van der Waals surface area contributed by atoms with Gasteiger partial charge in [0.25, 0.3) is 5.91 Å². The van der Waals surface area contributed by atoms with Gasteiger partial charge in [0.15, 0.2) is 5.65 Å². The van der Waals surface area contributed by atoms with Crippen LogP contribution in [0.1, 0.15) is 15.9 Å². The van der Waals surface area contributed by atoms with Crippen LogP contribution < -0.4 is 15.4 Å². The molecule has 4 aromatic rings. The first-order chi connectivity index (χ1) is 15.7. The van der Waals surface area contributed by atoms with E-state index in [1.165, 1.54) is 0 Å². The Balaban J connectivity index is 1.44. The highest BCUT2D eigenvalue weighted by Gasteiger charge is 2.21. The fourth-order valence-corrected chi connectivity index (χ4v) is 3.46. The van der Waals surface area contributed by atoms with Crippen LogP contribution in [-0.4, -0.2) is 35.1 Å². The molecule has 1 aliphatic heterocycles. The molecule has 3 heterocycles. The van der Waals surface area contributed by atoms with Gasteiger partial charge >= 0.3 is 0 Å². The van der Waals surface area contributed by atoms with Crippen LogP contribution in [0.3, 0.4) is 0 Å². The van der Waals surface area contributed by atoms with Crippen molar-refractivity contribution in [2.24, 2.45) is 0 Å². The summed E-state index contributed by atoms with van der Waals surface area (Å²) in [5.74, 6) is 0.778. The van der Waals surface area contributed by atoms with Crippen LogP contribution in [0.5, 0.6) is 5.75 Å². The molecule has 1 fully saturated rings. The lowest BCUT2D eigenvalue weighted by atomic mass is 10.0. The first kappa shape index (κ1) is 19.7. The van der Waals surface area contributed by atoms with Gasteiger partial charge in [0.05, 0.1) is 11.6 Å². The Morgan fingerprint density at radius 1 is 1.09 bits per heavy atom. The van der Waals surface area contributed by atoms with E-state index in [-0.39, 0.29) is 12.0 Å². The zero-order chi connectivity index (χ0) is 21.9. The average Bonchev–Trinajstić information content (AvgIpc) is 2.81. The lowest BCUT2D eigenvalue weighted by Gasteiger charge is -2.29. The zero-order valence-corrected chi connectivity index (χ0v) is 17.1. The van der Waals surface area contributed by atoms with Crippen LogP contribution in [0.2, 0.25) is 0 Å². The summed E-state index contributed by atoms with van der Waals surface area (Å²) in [6, 6.07) is 22.2. The highest BCUT2D eigenvalue weighted by Crippen LogP contribution is 2.32. The number of ether oxygens (including phenoxy) is 1. The number of fused-ring (bicyclic) bond motifs is 1. The number of hydrogen-bond acceptors (Lipinski definition) is 6. The maximum Gasteiger partial charge on any atom is 0.256 e. The summed E-state index contributed by atoms with van der Waals surface area (Å²) in [6.45, 7) is 1.52. The molecule has 0 radical (unpaired) electrons. The SMILES string of the molecule is N#Cc1ccc(-c2ccc(C(=O)Nc3ccc4cccnc4n3)cc2OC2CNC2)cc1. The summed E-state index contributed by atoms with van der Waals surface area (Å²) in [6.07, 6.45) is 1.72. The molecule has 1 aliphatic rings. The van der Waals surface area contributed by atoms with E-state index in [0.29, 0.717) is 28.3 Å². The van der Waals surface area contributed by atoms with Crippen molar-refractivity contribution in [1.29, 1.82) is 5.26 Å². The van der Waals surface area contributed by atoms with Gasteiger partial charge < -0.3 is 15.4 Å². The smallest absolute Gasteiger partial charge is 0.256 e. The number of benzene rings is 2. The van der Waals surface area contributed by atoms with Gasteiger partial charge in [-0.15, -0.1) is 0 Å². The molecule has 7 heteroatoms. The predicted octanol–water partition coefficient (Wildman–Crippen LogP) is 3.77. The number of nitrogens with one attached hydrogen (secondary N) is 2. The highest BCUT2D eigenvalue weighted by molar-refractivity contribution is 6.04. The molecule has 0 unspecified atom stereocenters. The van der Waals surface area contributed by atoms with E-state index in [0.717, 1.165) is 29.6 Å². The molecule has 2 aromatic heterocycles. The summed E-state index contributed by atoms with van der Waals surface area (Å²) in [7, 11) is 0. The minimum atomic E-state index is -0.282. The van der Waals surface area contributed by atoms with Crippen molar-refractivity contribution >= 4 is 22.8 Å².